The molecule has 1 aromatic heterocycles. The highest BCUT2D eigenvalue weighted by Crippen LogP contribution is 2.24. The number of amides is 2. The van der Waals surface area contributed by atoms with Crippen molar-refractivity contribution in [2.45, 2.75) is 38.6 Å². The summed E-state index contributed by atoms with van der Waals surface area (Å²) in [5.74, 6) is 0.688. The van der Waals surface area contributed by atoms with E-state index in [0.29, 0.717) is 47.4 Å². The van der Waals surface area contributed by atoms with Crippen molar-refractivity contribution in [3.05, 3.63) is 45.6 Å². The van der Waals surface area contributed by atoms with Crippen LogP contribution in [0.15, 0.2) is 28.8 Å². The number of benzene rings is 1. The summed E-state index contributed by atoms with van der Waals surface area (Å²) in [7, 11) is 0. The molecule has 0 saturated carbocycles. The van der Waals surface area contributed by atoms with E-state index < -0.39 is 6.04 Å². The molecule has 2 heterocycles. The van der Waals surface area contributed by atoms with Gasteiger partial charge in [-0.3, -0.25) is 9.59 Å². The third kappa shape index (κ3) is 4.37. The fourth-order valence-corrected chi connectivity index (χ4v) is 3.38. The second-order valence-corrected chi connectivity index (χ2v) is 7.12. The lowest BCUT2D eigenvalue weighted by Crippen LogP contribution is -2.43. The fourth-order valence-electron chi connectivity index (χ4n) is 3.06. The number of hydrogen-bond acceptors (Lipinski definition) is 4. The maximum absolute atomic E-state index is 12.6. The molecule has 0 radical (unpaired) electrons. The van der Waals surface area contributed by atoms with E-state index >= 15 is 0 Å². The van der Waals surface area contributed by atoms with Crippen molar-refractivity contribution < 1.29 is 14.1 Å². The molecule has 1 aliphatic rings. The monoisotopic (exact) mass is 395 g/mol. The highest BCUT2D eigenvalue weighted by atomic mass is 35.5. The first-order chi connectivity index (χ1) is 12.4. The Labute approximate surface area is 161 Å². The molecule has 1 N–H and O–H groups in total. The molecule has 0 unspecified atom stereocenters. The van der Waals surface area contributed by atoms with Crippen LogP contribution in [-0.2, 0) is 16.0 Å². The predicted molar refractivity (Wildman–Crippen MR) is 99.4 cm³/mol. The average Bonchev–Trinajstić information content (AvgIpc) is 3.24. The fraction of sp³-hybridized carbons (Fsp3) is 0.389. The Morgan fingerprint density at radius 1 is 1.31 bits per heavy atom. The Balaban J connectivity index is 1.58. The number of anilines is 1. The third-order valence-corrected chi connectivity index (χ3v) is 5.11. The molecule has 6 nitrogen and oxygen atoms in total. The third-order valence-electron chi connectivity index (χ3n) is 4.37. The highest BCUT2D eigenvalue weighted by Gasteiger charge is 2.34. The van der Waals surface area contributed by atoms with Gasteiger partial charge in [0, 0.05) is 19.0 Å². The summed E-state index contributed by atoms with van der Waals surface area (Å²) in [4.78, 5) is 26.7. The van der Waals surface area contributed by atoms with Crippen molar-refractivity contribution in [2.75, 3.05) is 11.9 Å². The number of hydrogen-bond donors (Lipinski definition) is 1. The van der Waals surface area contributed by atoms with E-state index in [1.807, 2.05) is 6.07 Å². The molecule has 0 aliphatic carbocycles. The van der Waals surface area contributed by atoms with Gasteiger partial charge in [-0.1, -0.05) is 34.4 Å². The molecular weight excluding hydrogens is 377 g/mol. The quantitative estimate of drug-likeness (QED) is 0.833. The van der Waals surface area contributed by atoms with E-state index in [2.05, 4.69) is 10.5 Å². The topological polar surface area (TPSA) is 75.4 Å². The summed E-state index contributed by atoms with van der Waals surface area (Å²) in [6.07, 6.45) is 2.30. The van der Waals surface area contributed by atoms with E-state index in [4.69, 9.17) is 27.7 Å². The van der Waals surface area contributed by atoms with Gasteiger partial charge >= 0.3 is 0 Å². The van der Waals surface area contributed by atoms with Gasteiger partial charge in [0.05, 0.1) is 10.0 Å². The molecule has 1 fully saturated rings. The van der Waals surface area contributed by atoms with Crippen molar-refractivity contribution in [1.29, 1.82) is 0 Å². The number of rotatable bonds is 5. The molecule has 2 aromatic rings. The lowest BCUT2D eigenvalue weighted by molar-refractivity contribution is -0.136. The van der Waals surface area contributed by atoms with Crippen LogP contribution in [0.4, 0.5) is 5.82 Å². The van der Waals surface area contributed by atoms with Crippen LogP contribution >= 0.6 is 23.2 Å². The Morgan fingerprint density at radius 3 is 2.81 bits per heavy atom. The van der Waals surface area contributed by atoms with E-state index in [9.17, 15) is 9.59 Å². The van der Waals surface area contributed by atoms with Crippen LogP contribution in [0, 0.1) is 6.92 Å². The van der Waals surface area contributed by atoms with E-state index in [1.165, 1.54) is 0 Å². The average molecular weight is 396 g/mol. The number of nitrogens with zero attached hydrogens (tertiary/aromatic N) is 2. The first-order valence-electron chi connectivity index (χ1n) is 8.41. The van der Waals surface area contributed by atoms with Gasteiger partial charge in [-0.05, 0) is 43.9 Å². The number of halogens is 2. The van der Waals surface area contributed by atoms with Gasteiger partial charge in [-0.25, -0.2) is 0 Å². The smallest absolute Gasteiger partial charge is 0.248 e. The standard InChI is InChI=1S/C18H19Cl2N3O3/c1-11-9-16(22-26-11)21-18(25)15-3-2-8-23(15)17(24)7-5-12-4-6-13(19)14(20)10-12/h4,6,9-10,15H,2-3,5,7-8H2,1H3,(H,21,22,25)/t15-/m0/s1. The van der Waals surface area contributed by atoms with Crippen molar-refractivity contribution in [1.82, 2.24) is 10.1 Å². The second kappa shape index (κ2) is 8.10. The SMILES string of the molecule is Cc1cc(NC(=O)[C@@H]2CCCN2C(=O)CCc2ccc(Cl)c(Cl)c2)no1. The van der Waals surface area contributed by atoms with Crippen LogP contribution in [0.3, 0.4) is 0 Å². The summed E-state index contributed by atoms with van der Waals surface area (Å²) in [6.45, 7) is 2.33. The lowest BCUT2D eigenvalue weighted by atomic mass is 10.1. The molecular formula is C18H19Cl2N3O3. The molecule has 1 aromatic carbocycles. The Hall–Kier alpha value is -2.05. The largest absolute Gasteiger partial charge is 0.360 e. The van der Waals surface area contributed by atoms with Gasteiger partial charge in [-0.15, -0.1) is 0 Å². The Kier molecular flexibility index (Phi) is 5.84. The minimum Gasteiger partial charge on any atom is -0.360 e. The first-order valence-corrected chi connectivity index (χ1v) is 9.17. The number of carbonyl (C=O) groups excluding carboxylic acids is 2. The maximum Gasteiger partial charge on any atom is 0.248 e. The summed E-state index contributed by atoms with van der Waals surface area (Å²) >= 11 is 11.9. The summed E-state index contributed by atoms with van der Waals surface area (Å²) in [6, 6.07) is 6.49. The van der Waals surface area contributed by atoms with Crippen molar-refractivity contribution in [2.24, 2.45) is 0 Å². The van der Waals surface area contributed by atoms with Crippen LogP contribution in [0.5, 0.6) is 0 Å². The number of aryl methyl sites for hydroxylation is 2. The van der Waals surface area contributed by atoms with Crippen LogP contribution in [0.2, 0.25) is 10.0 Å². The highest BCUT2D eigenvalue weighted by molar-refractivity contribution is 6.42. The molecule has 1 aliphatic heterocycles. The van der Waals surface area contributed by atoms with E-state index in [-0.39, 0.29) is 11.8 Å². The molecule has 138 valence electrons. The van der Waals surface area contributed by atoms with Gasteiger partial charge in [0.1, 0.15) is 11.8 Å². The molecule has 1 saturated heterocycles. The van der Waals surface area contributed by atoms with Crippen LogP contribution in [0.25, 0.3) is 0 Å². The normalized spacial score (nSPS) is 16.7. The molecule has 2 amide bonds. The first kappa shape index (κ1) is 18.7. The number of nitrogens with one attached hydrogen (secondary N) is 1. The lowest BCUT2D eigenvalue weighted by Gasteiger charge is -2.23. The van der Waals surface area contributed by atoms with Gasteiger partial charge in [-0.2, -0.15) is 0 Å². The van der Waals surface area contributed by atoms with Crippen molar-refractivity contribution in [3.8, 4) is 0 Å². The van der Waals surface area contributed by atoms with Crippen molar-refractivity contribution >= 4 is 40.8 Å². The molecule has 1 atom stereocenters. The molecule has 8 heteroatoms. The van der Waals surface area contributed by atoms with Crippen LogP contribution in [0.1, 0.15) is 30.6 Å². The number of likely N-dealkylation sites (tertiary alicyclic amines) is 1. The Morgan fingerprint density at radius 2 is 2.12 bits per heavy atom. The number of carbonyl (C=O) groups is 2. The Bertz CT molecular complexity index is 822. The van der Waals surface area contributed by atoms with Gasteiger partial charge < -0.3 is 14.7 Å². The van der Waals surface area contributed by atoms with E-state index in [0.717, 1.165) is 12.0 Å². The van der Waals surface area contributed by atoms with Crippen LogP contribution in [-0.4, -0.2) is 34.5 Å². The minimum absolute atomic E-state index is 0.0509. The zero-order valence-corrected chi connectivity index (χ0v) is 15.8. The predicted octanol–water partition coefficient (Wildman–Crippen LogP) is 3.85. The zero-order chi connectivity index (χ0) is 18.7. The molecule has 0 bridgehead atoms. The molecule has 3 rings (SSSR count). The molecule has 0 spiro atoms. The van der Waals surface area contributed by atoms with E-state index in [1.54, 1.807) is 30.0 Å². The van der Waals surface area contributed by atoms with Crippen LogP contribution < -0.4 is 5.32 Å². The minimum atomic E-state index is -0.478. The van der Waals surface area contributed by atoms with Gasteiger partial charge in [0.15, 0.2) is 5.82 Å². The second-order valence-electron chi connectivity index (χ2n) is 6.31. The van der Waals surface area contributed by atoms with Crippen molar-refractivity contribution in [3.63, 3.8) is 0 Å². The summed E-state index contributed by atoms with van der Waals surface area (Å²) in [5.41, 5.74) is 0.936. The summed E-state index contributed by atoms with van der Waals surface area (Å²) in [5, 5.41) is 7.42. The maximum atomic E-state index is 12.6. The zero-order valence-electron chi connectivity index (χ0n) is 14.3. The number of aromatic nitrogens is 1. The van der Waals surface area contributed by atoms with Gasteiger partial charge in [0.25, 0.3) is 0 Å². The van der Waals surface area contributed by atoms with Gasteiger partial charge in [0.2, 0.25) is 11.8 Å². The molecule has 26 heavy (non-hydrogen) atoms. The summed E-state index contributed by atoms with van der Waals surface area (Å²) < 4.78 is 4.94.